The van der Waals surface area contributed by atoms with Gasteiger partial charge in [-0.25, -0.2) is 4.98 Å². The minimum atomic E-state index is -0.408. The van der Waals surface area contributed by atoms with E-state index >= 15 is 0 Å². The fourth-order valence-corrected chi connectivity index (χ4v) is 2.18. The number of hydrogen-bond acceptors (Lipinski definition) is 3. The molecule has 0 aromatic carbocycles. The summed E-state index contributed by atoms with van der Waals surface area (Å²) in [6.45, 7) is 5.02. The lowest BCUT2D eigenvalue weighted by Crippen LogP contribution is -2.43. The van der Waals surface area contributed by atoms with Gasteiger partial charge >= 0.3 is 0 Å². The zero-order valence-corrected chi connectivity index (χ0v) is 11.3. The molecule has 1 aromatic heterocycles. The molecule has 0 bridgehead atoms. The van der Waals surface area contributed by atoms with Crippen molar-refractivity contribution in [3.05, 3.63) is 18.2 Å². The minimum Gasteiger partial charge on any atom is -0.335 e. The Kier molecular flexibility index (Phi) is 4.03. The summed E-state index contributed by atoms with van der Waals surface area (Å²) in [6, 6.07) is 2.98. The first kappa shape index (κ1) is 13.1. The van der Waals surface area contributed by atoms with E-state index in [1.165, 1.54) is 12.8 Å². The van der Waals surface area contributed by atoms with Crippen LogP contribution in [-0.4, -0.2) is 21.1 Å². The van der Waals surface area contributed by atoms with Crippen LogP contribution < -0.4 is 5.32 Å². The number of nitriles is 1. The Balaban J connectivity index is 1.92. The Morgan fingerprint density at radius 2 is 2.39 bits per heavy atom. The third-order valence-electron chi connectivity index (χ3n) is 3.47. The van der Waals surface area contributed by atoms with Crippen molar-refractivity contribution in [3.8, 4) is 6.07 Å². The van der Waals surface area contributed by atoms with E-state index in [9.17, 15) is 5.26 Å². The average molecular weight is 246 g/mol. The van der Waals surface area contributed by atoms with Crippen LogP contribution in [0, 0.1) is 11.3 Å². The van der Waals surface area contributed by atoms with Crippen molar-refractivity contribution in [3.63, 3.8) is 0 Å². The van der Waals surface area contributed by atoms with Crippen LogP contribution in [0.25, 0.3) is 0 Å². The topological polar surface area (TPSA) is 53.6 Å². The molecule has 0 aliphatic heterocycles. The molecule has 1 aliphatic rings. The lowest BCUT2D eigenvalue weighted by atomic mass is 9.99. The van der Waals surface area contributed by atoms with Gasteiger partial charge in [0, 0.05) is 31.4 Å². The summed E-state index contributed by atoms with van der Waals surface area (Å²) in [5.74, 6) is 1.13. The van der Waals surface area contributed by atoms with Crippen LogP contribution in [0.2, 0.25) is 0 Å². The van der Waals surface area contributed by atoms with Crippen molar-refractivity contribution in [2.45, 2.75) is 64.1 Å². The Bertz CT molecular complexity index is 427. The van der Waals surface area contributed by atoms with E-state index in [1.807, 2.05) is 19.3 Å². The molecule has 1 aromatic rings. The zero-order valence-electron chi connectivity index (χ0n) is 11.3. The molecule has 0 spiro atoms. The summed E-state index contributed by atoms with van der Waals surface area (Å²) in [5, 5.41) is 12.8. The van der Waals surface area contributed by atoms with Crippen LogP contribution in [0.3, 0.4) is 0 Å². The van der Waals surface area contributed by atoms with Gasteiger partial charge < -0.3 is 4.57 Å². The Labute approximate surface area is 109 Å². The van der Waals surface area contributed by atoms with Crippen molar-refractivity contribution >= 4 is 0 Å². The van der Waals surface area contributed by atoms with Gasteiger partial charge in [0.2, 0.25) is 0 Å². The van der Waals surface area contributed by atoms with E-state index in [0.29, 0.717) is 6.04 Å². The van der Waals surface area contributed by atoms with Gasteiger partial charge in [-0.2, -0.15) is 5.26 Å². The van der Waals surface area contributed by atoms with Gasteiger partial charge in [0.15, 0.2) is 0 Å². The second-order valence-electron chi connectivity index (χ2n) is 5.40. The summed E-state index contributed by atoms with van der Waals surface area (Å²) in [5.41, 5.74) is -0.408. The first-order chi connectivity index (χ1) is 8.67. The first-order valence-electron chi connectivity index (χ1n) is 6.86. The number of nitrogens with one attached hydrogen (secondary N) is 1. The molecule has 2 rings (SSSR count). The van der Waals surface area contributed by atoms with Gasteiger partial charge in [-0.15, -0.1) is 0 Å². The molecule has 1 heterocycles. The fraction of sp³-hybridized carbons (Fsp3) is 0.714. The Hall–Kier alpha value is -1.34. The number of aromatic nitrogens is 2. The van der Waals surface area contributed by atoms with Crippen molar-refractivity contribution in [2.24, 2.45) is 0 Å². The summed E-state index contributed by atoms with van der Waals surface area (Å²) in [6.07, 6.45) is 9.22. The maximum atomic E-state index is 9.33. The highest BCUT2D eigenvalue weighted by atomic mass is 15.1. The lowest BCUT2D eigenvalue weighted by Gasteiger charge is -2.23. The van der Waals surface area contributed by atoms with Gasteiger partial charge in [-0.3, -0.25) is 5.32 Å². The highest BCUT2D eigenvalue weighted by Gasteiger charge is 2.32. The normalized spacial score (nSPS) is 18.3. The molecule has 1 fully saturated rings. The summed E-state index contributed by atoms with van der Waals surface area (Å²) >= 11 is 0. The lowest BCUT2D eigenvalue weighted by molar-refractivity contribution is 0.386. The molecule has 1 saturated carbocycles. The van der Waals surface area contributed by atoms with Gasteiger partial charge in [0.25, 0.3) is 0 Å². The molecule has 4 nitrogen and oxygen atoms in total. The molecule has 1 atom stereocenters. The van der Waals surface area contributed by atoms with Gasteiger partial charge in [0.1, 0.15) is 11.4 Å². The highest BCUT2D eigenvalue weighted by molar-refractivity contribution is 5.07. The van der Waals surface area contributed by atoms with Gasteiger partial charge in [-0.1, -0.05) is 6.92 Å². The van der Waals surface area contributed by atoms with Crippen molar-refractivity contribution in [1.29, 1.82) is 5.26 Å². The summed E-state index contributed by atoms with van der Waals surface area (Å²) in [7, 11) is 0. The molecule has 0 saturated heterocycles. The SMILES string of the molecule is CCCc1nccn1CCC(C)(C#N)NC1CC1. The molecule has 4 heteroatoms. The Morgan fingerprint density at radius 3 is 3.00 bits per heavy atom. The molecular weight excluding hydrogens is 224 g/mol. The van der Waals surface area contributed by atoms with E-state index in [-0.39, 0.29) is 0 Å². The fourth-order valence-electron chi connectivity index (χ4n) is 2.18. The monoisotopic (exact) mass is 246 g/mol. The van der Waals surface area contributed by atoms with Gasteiger partial charge in [0.05, 0.1) is 6.07 Å². The van der Waals surface area contributed by atoms with Crippen LogP contribution >= 0.6 is 0 Å². The van der Waals surface area contributed by atoms with E-state index in [2.05, 4.69) is 27.9 Å². The second-order valence-corrected chi connectivity index (χ2v) is 5.40. The highest BCUT2D eigenvalue weighted by Crippen LogP contribution is 2.24. The van der Waals surface area contributed by atoms with E-state index in [1.54, 1.807) is 0 Å². The quantitative estimate of drug-likeness (QED) is 0.803. The van der Waals surface area contributed by atoms with E-state index in [0.717, 1.165) is 31.6 Å². The third-order valence-corrected chi connectivity index (χ3v) is 3.47. The molecule has 1 N–H and O–H groups in total. The van der Waals surface area contributed by atoms with Crippen LogP contribution in [0.15, 0.2) is 12.4 Å². The van der Waals surface area contributed by atoms with Crippen LogP contribution in [0.4, 0.5) is 0 Å². The minimum absolute atomic E-state index is 0.408. The first-order valence-corrected chi connectivity index (χ1v) is 6.86. The van der Waals surface area contributed by atoms with Crippen LogP contribution in [0.5, 0.6) is 0 Å². The molecule has 18 heavy (non-hydrogen) atoms. The predicted octanol–water partition coefficient (Wildman–Crippen LogP) is 2.26. The number of aryl methyl sites for hydroxylation is 2. The molecule has 0 amide bonds. The third kappa shape index (κ3) is 3.33. The molecule has 0 radical (unpaired) electrons. The number of imidazole rings is 1. The van der Waals surface area contributed by atoms with Crippen molar-refractivity contribution < 1.29 is 0 Å². The maximum Gasteiger partial charge on any atom is 0.108 e. The second kappa shape index (κ2) is 5.53. The standard InChI is InChI=1S/C14H22N4/c1-3-4-13-16-8-10-18(13)9-7-14(2,11-15)17-12-5-6-12/h8,10,12,17H,3-7,9H2,1-2H3. The van der Waals surface area contributed by atoms with Crippen molar-refractivity contribution in [1.82, 2.24) is 14.9 Å². The van der Waals surface area contributed by atoms with E-state index in [4.69, 9.17) is 0 Å². The average Bonchev–Trinajstić information content (AvgIpc) is 3.05. The Morgan fingerprint density at radius 1 is 1.61 bits per heavy atom. The summed E-state index contributed by atoms with van der Waals surface area (Å²) < 4.78 is 2.17. The molecule has 98 valence electrons. The zero-order chi connectivity index (χ0) is 13.0. The predicted molar refractivity (Wildman–Crippen MR) is 71.0 cm³/mol. The number of nitrogens with zero attached hydrogens (tertiary/aromatic N) is 3. The molecular formula is C14H22N4. The van der Waals surface area contributed by atoms with Crippen LogP contribution in [-0.2, 0) is 13.0 Å². The van der Waals surface area contributed by atoms with E-state index < -0.39 is 5.54 Å². The molecule has 1 unspecified atom stereocenters. The van der Waals surface area contributed by atoms with Crippen LogP contribution in [0.1, 0.15) is 45.4 Å². The summed E-state index contributed by atoms with van der Waals surface area (Å²) in [4.78, 5) is 4.37. The molecule has 1 aliphatic carbocycles. The maximum absolute atomic E-state index is 9.33. The van der Waals surface area contributed by atoms with Gasteiger partial charge in [-0.05, 0) is 32.6 Å². The number of hydrogen-bond donors (Lipinski definition) is 1. The largest absolute Gasteiger partial charge is 0.335 e. The van der Waals surface area contributed by atoms with Crippen molar-refractivity contribution in [2.75, 3.05) is 0 Å². The smallest absolute Gasteiger partial charge is 0.108 e. The number of rotatable bonds is 7.